The molecule has 1 heterocycles. The van der Waals surface area contributed by atoms with Crippen LogP contribution in [0.4, 0.5) is 5.69 Å². The van der Waals surface area contributed by atoms with Gasteiger partial charge in [-0.05, 0) is 39.8 Å². The molecule has 0 aliphatic rings. The number of thiazole rings is 1. The number of aromatic nitrogens is 1. The van der Waals surface area contributed by atoms with Crippen molar-refractivity contribution in [3.8, 4) is 11.5 Å². The van der Waals surface area contributed by atoms with Gasteiger partial charge in [0.25, 0.3) is 0 Å². The molecule has 1 aromatic carbocycles. The maximum absolute atomic E-state index is 5.69. The summed E-state index contributed by atoms with van der Waals surface area (Å²) in [6.07, 6.45) is 0. The van der Waals surface area contributed by atoms with E-state index in [0.29, 0.717) is 13.2 Å². The fraction of sp³-hybridized carbons (Fsp3) is 0.438. The Morgan fingerprint density at radius 2 is 2.00 bits per heavy atom. The lowest BCUT2D eigenvalue weighted by atomic mass is 10.2. The lowest BCUT2D eigenvalue weighted by Crippen LogP contribution is -2.08. The highest BCUT2D eigenvalue weighted by Gasteiger charge is 2.14. The molecule has 114 valence electrons. The third-order valence-electron chi connectivity index (χ3n) is 3.11. The zero-order valence-electron chi connectivity index (χ0n) is 13.0. The number of rotatable bonds is 7. The summed E-state index contributed by atoms with van der Waals surface area (Å²) in [5.74, 6) is 1.69. The van der Waals surface area contributed by atoms with Crippen molar-refractivity contribution in [3.63, 3.8) is 0 Å². The normalized spacial score (nSPS) is 12.0. The Balaban J connectivity index is 2.23. The summed E-state index contributed by atoms with van der Waals surface area (Å²) in [6, 6.07) is 6.04. The predicted octanol–water partition coefficient (Wildman–Crippen LogP) is 4.42. The van der Waals surface area contributed by atoms with Crippen LogP contribution in [0.1, 0.15) is 37.4 Å². The predicted molar refractivity (Wildman–Crippen MR) is 87.7 cm³/mol. The van der Waals surface area contributed by atoms with Gasteiger partial charge in [0.2, 0.25) is 0 Å². The van der Waals surface area contributed by atoms with Gasteiger partial charge in [0.15, 0.2) is 0 Å². The maximum Gasteiger partial charge on any atom is 0.142 e. The van der Waals surface area contributed by atoms with E-state index >= 15 is 0 Å². The molecule has 0 aliphatic heterocycles. The molecule has 1 N–H and O–H groups in total. The molecule has 2 aromatic rings. The van der Waals surface area contributed by atoms with Crippen LogP contribution in [0.3, 0.4) is 0 Å². The highest BCUT2D eigenvalue weighted by atomic mass is 32.1. The summed E-state index contributed by atoms with van der Waals surface area (Å²) in [4.78, 5) is 5.54. The van der Waals surface area contributed by atoms with Crippen LogP contribution in [0, 0.1) is 6.92 Å². The van der Waals surface area contributed by atoms with Gasteiger partial charge >= 0.3 is 0 Å². The number of nitrogens with zero attached hydrogens (tertiary/aromatic N) is 1. The van der Waals surface area contributed by atoms with Gasteiger partial charge in [0.05, 0.1) is 36.1 Å². The molecule has 0 spiro atoms. The zero-order chi connectivity index (χ0) is 15.2. The second kappa shape index (κ2) is 7.31. The van der Waals surface area contributed by atoms with Crippen LogP contribution in [0.25, 0.3) is 0 Å². The van der Waals surface area contributed by atoms with Gasteiger partial charge in [-0.1, -0.05) is 0 Å². The lowest BCUT2D eigenvalue weighted by Gasteiger charge is -2.18. The van der Waals surface area contributed by atoms with Crippen molar-refractivity contribution in [1.82, 2.24) is 4.98 Å². The van der Waals surface area contributed by atoms with E-state index in [9.17, 15) is 0 Å². The van der Waals surface area contributed by atoms with Crippen LogP contribution in [-0.2, 0) is 0 Å². The number of ether oxygens (including phenoxy) is 2. The van der Waals surface area contributed by atoms with E-state index in [1.54, 1.807) is 11.3 Å². The van der Waals surface area contributed by atoms with Crippen molar-refractivity contribution in [2.75, 3.05) is 18.5 Å². The Morgan fingerprint density at radius 1 is 1.24 bits per heavy atom. The van der Waals surface area contributed by atoms with Crippen LogP contribution in [0.2, 0.25) is 0 Å². The summed E-state index contributed by atoms with van der Waals surface area (Å²) in [5, 5.41) is 3.50. The summed E-state index contributed by atoms with van der Waals surface area (Å²) in [6.45, 7) is 9.41. The minimum absolute atomic E-state index is 0.175. The molecule has 0 amide bonds. The van der Waals surface area contributed by atoms with Crippen LogP contribution < -0.4 is 14.8 Å². The summed E-state index contributed by atoms with van der Waals surface area (Å²) >= 11 is 1.66. The van der Waals surface area contributed by atoms with Crippen LogP contribution in [0.15, 0.2) is 23.7 Å². The summed E-state index contributed by atoms with van der Waals surface area (Å²) < 4.78 is 11.3. The molecule has 0 saturated heterocycles. The number of hydrogen-bond donors (Lipinski definition) is 1. The third kappa shape index (κ3) is 3.88. The molecule has 0 saturated carbocycles. The van der Waals surface area contributed by atoms with Gasteiger partial charge in [0.1, 0.15) is 11.5 Å². The van der Waals surface area contributed by atoms with E-state index in [0.717, 1.165) is 22.9 Å². The first kappa shape index (κ1) is 15.6. The van der Waals surface area contributed by atoms with Crippen LogP contribution in [-0.4, -0.2) is 18.2 Å². The van der Waals surface area contributed by atoms with Crippen molar-refractivity contribution < 1.29 is 9.47 Å². The topological polar surface area (TPSA) is 43.4 Å². The molecular weight excluding hydrogens is 284 g/mol. The van der Waals surface area contributed by atoms with E-state index in [1.165, 1.54) is 4.88 Å². The quantitative estimate of drug-likeness (QED) is 0.822. The van der Waals surface area contributed by atoms with Crippen molar-refractivity contribution in [2.24, 2.45) is 0 Å². The van der Waals surface area contributed by atoms with Gasteiger partial charge in [-0.25, -0.2) is 4.98 Å². The number of hydrogen-bond acceptors (Lipinski definition) is 5. The minimum Gasteiger partial charge on any atom is -0.494 e. The Morgan fingerprint density at radius 3 is 2.62 bits per heavy atom. The molecule has 2 rings (SSSR count). The van der Waals surface area contributed by atoms with E-state index in [1.807, 2.05) is 44.5 Å². The highest BCUT2D eigenvalue weighted by Crippen LogP contribution is 2.33. The third-order valence-corrected chi connectivity index (χ3v) is 4.22. The van der Waals surface area contributed by atoms with Crippen LogP contribution in [0.5, 0.6) is 11.5 Å². The second-order valence-corrected chi connectivity index (χ2v) is 5.58. The van der Waals surface area contributed by atoms with Crippen molar-refractivity contribution in [3.05, 3.63) is 34.3 Å². The highest BCUT2D eigenvalue weighted by molar-refractivity contribution is 7.09. The smallest absolute Gasteiger partial charge is 0.142 e. The van der Waals surface area contributed by atoms with E-state index in [2.05, 4.69) is 17.2 Å². The van der Waals surface area contributed by atoms with E-state index in [-0.39, 0.29) is 6.04 Å². The molecule has 0 aliphatic carbocycles. The number of anilines is 1. The molecule has 5 heteroatoms. The van der Waals surface area contributed by atoms with Gasteiger partial charge < -0.3 is 14.8 Å². The SMILES string of the molecule is CCOc1ccc(OCC)c(NC(C)c2scnc2C)c1. The van der Waals surface area contributed by atoms with Crippen LogP contribution >= 0.6 is 11.3 Å². The Kier molecular flexibility index (Phi) is 5.44. The molecule has 21 heavy (non-hydrogen) atoms. The molecule has 1 unspecified atom stereocenters. The first-order valence-corrected chi connectivity index (χ1v) is 8.09. The monoisotopic (exact) mass is 306 g/mol. The fourth-order valence-electron chi connectivity index (χ4n) is 2.18. The van der Waals surface area contributed by atoms with Gasteiger partial charge in [-0.2, -0.15) is 0 Å². The standard InChI is InChI=1S/C16H22N2O2S/c1-5-19-13-7-8-15(20-6-2)14(9-13)18-12(4)16-11(3)17-10-21-16/h7-10,12,18H,5-6H2,1-4H3. The summed E-state index contributed by atoms with van der Waals surface area (Å²) in [7, 11) is 0. The Hall–Kier alpha value is -1.75. The van der Waals surface area contributed by atoms with Gasteiger partial charge in [-0.15, -0.1) is 11.3 Å². The lowest BCUT2D eigenvalue weighted by molar-refractivity contribution is 0.331. The molecule has 4 nitrogen and oxygen atoms in total. The maximum atomic E-state index is 5.69. The largest absolute Gasteiger partial charge is 0.494 e. The molecule has 0 radical (unpaired) electrons. The first-order valence-electron chi connectivity index (χ1n) is 7.21. The fourth-order valence-corrected chi connectivity index (χ4v) is 3.00. The second-order valence-electron chi connectivity index (χ2n) is 4.69. The van der Waals surface area contributed by atoms with E-state index < -0.39 is 0 Å². The molecule has 0 fully saturated rings. The zero-order valence-corrected chi connectivity index (χ0v) is 13.8. The van der Waals surface area contributed by atoms with Gasteiger partial charge in [-0.3, -0.25) is 0 Å². The Bertz CT molecular complexity index is 583. The number of aryl methyl sites for hydroxylation is 1. The number of nitrogens with one attached hydrogen (secondary N) is 1. The molecular formula is C16H22N2O2S. The average Bonchev–Trinajstić information content (AvgIpc) is 2.88. The average molecular weight is 306 g/mol. The molecule has 1 atom stereocenters. The Labute approximate surface area is 130 Å². The summed E-state index contributed by atoms with van der Waals surface area (Å²) in [5.41, 5.74) is 3.89. The first-order chi connectivity index (χ1) is 10.2. The molecule has 0 bridgehead atoms. The van der Waals surface area contributed by atoms with Gasteiger partial charge in [0, 0.05) is 10.9 Å². The van der Waals surface area contributed by atoms with Crippen molar-refractivity contribution in [1.29, 1.82) is 0 Å². The van der Waals surface area contributed by atoms with Crippen molar-refractivity contribution in [2.45, 2.75) is 33.7 Å². The van der Waals surface area contributed by atoms with E-state index in [4.69, 9.17) is 9.47 Å². The van der Waals surface area contributed by atoms with Crippen molar-refractivity contribution >= 4 is 17.0 Å². The molecule has 1 aromatic heterocycles. The minimum atomic E-state index is 0.175. The number of benzene rings is 1.